The summed E-state index contributed by atoms with van der Waals surface area (Å²) in [5, 5.41) is 0.659. The lowest BCUT2D eigenvalue weighted by Gasteiger charge is -2.37. The molecule has 0 N–H and O–H groups in total. The molecule has 0 bridgehead atoms. The lowest BCUT2D eigenvalue weighted by atomic mass is 10.1. The van der Waals surface area contributed by atoms with Gasteiger partial charge in [-0.3, -0.25) is 9.69 Å². The minimum absolute atomic E-state index is 0.0429. The van der Waals surface area contributed by atoms with Crippen LogP contribution in [0, 0.1) is 12.7 Å². The van der Waals surface area contributed by atoms with E-state index in [0.717, 1.165) is 26.2 Å². The summed E-state index contributed by atoms with van der Waals surface area (Å²) in [6, 6.07) is 5.48. The Hall–Kier alpha value is -1.99. The van der Waals surface area contributed by atoms with E-state index in [9.17, 15) is 9.18 Å². The molecule has 7 heteroatoms. The van der Waals surface area contributed by atoms with Crippen LogP contribution in [0.2, 0.25) is 0 Å². The summed E-state index contributed by atoms with van der Waals surface area (Å²) in [5.41, 5.74) is 1.37. The van der Waals surface area contributed by atoms with Crippen molar-refractivity contribution in [1.29, 1.82) is 0 Å². The molecule has 2 aromatic rings. The van der Waals surface area contributed by atoms with Crippen molar-refractivity contribution in [2.45, 2.75) is 38.6 Å². The third-order valence-electron chi connectivity index (χ3n) is 5.83. The van der Waals surface area contributed by atoms with Crippen LogP contribution in [-0.4, -0.2) is 60.0 Å². The number of piperazine rings is 1. The molecule has 2 heterocycles. The third kappa shape index (κ3) is 3.78. The van der Waals surface area contributed by atoms with Crippen molar-refractivity contribution in [1.82, 2.24) is 14.8 Å². The Morgan fingerprint density at radius 2 is 1.93 bits per heavy atom. The second-order valence-electron chi connectivity index (χ2n) is 7.55. The summed E-state index contributed by atoms with van der Waals surface area (Å²) in [6.45, 7) is 5.27. The molecular weight excluding hydrogens is 377 g/mol. The molecule has 5 nitrogen and oxygen atoms in total. The average Bonchev–Trinajstić information content (AvgIpc) is 3.37. The van der Waals surface area contributed by atoms with Crippen LogP contribution in [-0.2, 0) is 0 Å². The fourth-order valence-corrected chi connectivity index (χ4v) is 5.25. The van der Waals surface area contributed by atoms with Crippen LogP contribution in [0.15, 0.2) is 18.2 Å². The molecule has 0 unspecified atom stereocenters. The van der Waals surface area contributed by atoms with E-state index in [2.05, 4.69) is 9.88 Å². The number of hydrogen-bond donors (Lipinski definition) is 0. The van der Waals surface area contributed by atoms with Crippen molar-refractivity contribution < 1.29 is 13.9 Å². The van der Waals surface area contributed by atoms with E-state index in [4.69, 9.17) is 4.74 Å². The zero-order chi connectivity index (χ0) is 19.7. The highest BCUT2D eigenvalue weighted by molar-refractivity contribution is 7.17. The Balaban J connectivity index is 1.46. The number of rotatable bonds is 4. The molecule has 2 fully saturated rings. The maximum absolute atomic E-state index is 14.0. The molecule has 1 aliphatic carbocycles. The molecule has 1 aromatic carbocycles. The first kappa shape index (κ1) is 19.3. The number of halogens is 1. The summed E-state index contributed by atoms with van der Waals surface area (Å²) in [5.74, 6) is -0.182. The van der Waals surface area contributed by atoms with Crippen molar-refractivity contribution in [2.75, 3.05) is 33.3 Å². The summed E-state index contributed by atoms with van der Waals surface area (Å²) >= 11 is 1.34. The Bertz CT molecular complexity index is 855. The Morgan fingerprint density at radius 1 is 1.21 bits per heavy atom. The molecule has 1 aromatic heterocycles. The minimum atomic E-state index is -0.427. The van der Waals surface area contributed by atoms with Crippen molar-refractivity contribution in [2.24, 2.45) is 0 Å². The third-order valence-corrected chi connectivity index (χ3v) is 7.03. The standard InChI is InChI=1S/C21H26FN3O2S/c1-14-19(28-20(23-14)15-7-8-18(27-2)17(22)13-15)21(26)25-11-9-24(10-12-25)16-5-3-4-6-16/h7-8,13,16H,3-6,9-12H2,1-2H3. The van der Waals surface area contributed by atoms with Gasteiger partial charge in [-0.15, -0.1) is 11.3 Å². The number of aromatic nitrogens is 1. The quantitative estimate of drug-likeness (QED) is 0.775. The summed E-state index contributed by atoms with van der Waals surface area (Å²) in [6.07, 6.45) is 5.25. The van der Waals surface area contributed by atoms with E-state index >= 15 is 0 Å². The van der Waals surface area contributed by atoms with Gasteiger partial charge >= 0.3 is 0 Å². The first-order valence-corrected chi connectivity index (χ1v) is 10.7. The van der Waals surface area contributed by atoms with Gasteiger partial charge in [0.1, 0.15) is 9.88 Å². The summed E-state index contributed by atoms with van der Waals surface area (Å²) in [7, 11) is 1.44. The second kappa shape index (κ2) is 8.17. The number of thiazole rings is 1. The highest BCUT2D eigenvalue weighted by Gasteiger charge is 2.29. The van der Waals surface area contributed by atoms with Gasteiger partial charge in [0.15, 0.2) is 11.6 Å². The van der Waals surface area contributed by atoms with Gasteiger partial charge in [0.2, 0.25) is 0 Å². The molecule has 1 saturated heterocycles. The van der Waals surface area contributed by atoms with Crippen molar-refractivity contribution in [3.63, 3.8) is 0 Å². The van der Waals surface area contributed by atoms with Crippen LogP contribution in [0.25, 0.3) is 10.6 Å². The topological polar surface area (TPSA) is 45.7 Å². The first-order chi connectivity index (χ1) is 13.6. The number of nitrogens with zero attached hydrogens (tertiary/aromatic N) is 3. The number of aryl methyl sites for hydroxylation is 1. The number of benzene rings is 1. The maximum Gasteiger partial charge on any atom is 0.265 e. The number of ether oxygens (including phenoxy) is 1. The van der Waals surface area contributed by atoms with E-state index in [1.54, 1.807) is 12.1 Å². The van der Waals surface area contributed by atoms with Crippen molar-refractivity contribution in [3.8, 4) is 16.3 Å². The summed E-state index contributed by atoms with van der Waals surface area (Å²) < 4.78 is 19.0. The number of methoxy groups -OCH3 is 1. The van der Waals surface area contributed by atoms with Crippen molar-refractivity contribution >= 4 is 17.2 Å². The molecule has 0 atom stereocenters. The molecule has 28 heavy (non-hydrogen) atoms. The Morgan fingerprint density at radius 3 is 2.57 bits per heavy atom. The molecule has 1 amide bonds. The molecule has 0 spiro atoms. The van der Waals surface area contributed by atoms with Gasteiger partial charge < -0.3 is 9.64 Å². The number of amides is 1. The lowest BCUT2D eigenvalue weighted by Crippen LogP contribution is -2.51. The molecular formula is C21H26FN3O2S. The highest BCUT2D eigenvalue weighted by atomic mass is 32.1. The van der Waals surface area contributed by atoms with E-state index in [-0.39, 0.29) is 11.7 Å². The zero-order valence-electron chi connectivity index (χ0n) is 16.4. The fourth-order valence-electron chi connectivity index (χ4n) is 4.22. The largest absolute Gasteiger partial charge is 0.494 e. The van der Waals surface area contributed by atoms with Gasteiger partial charge in [0.25, 0.3) is 5.91 Å². The predicted octanol–water partition coefficient (Wildman–Crippen LogP) is 3.97. The van der Waals surface area contributed by atoms with Gasteiger partial charge in [-0.1, -0.05) is 12.8 Å². The van der Waals surface area contributed by atoms with Crippen LogP contribution in [0.5, 0.6) is 5.75 Å². The molecule has 150 valence electrons. The molecule has 4 rings (SSSR count). The highest BCUT2D eigenvalue weighted by Crippen LogP contribution is 2.32. The summed E-state index contributed by atoms with van der Waals surface area (Å²) in [4.78, 5) is 22.7. The average molecular weight is 404 g/mol. The van der Waals surface area contributed by atoms with E-state index in [0.29, 0.717) is 27.2 Å². The van der Waals surface area contributed by atoms with Crippen LogP contribution < -0.4 is 4.74 Å². The SMILES string of the molecule is COc1ccc(-c2nc(C)c(C(=O)N3CCN(C4CCCC4)CC3)s2)cc1F. The first-order valence-electron chi connectivity index (χ1n) is 9.91. The predicted molar refractivity (Wildman–Crippen MR) is 109 cm³/mol. The lowest BCUT2D eigenvalue weighted by molar-refractivity contribution is 0.0577. The zero-order valence-corrected chi connectivity index (χ0v) is 17.2. The molecule has 1 saturated carbocycles. The second-order valence-corrected chi connectivity index (χ2v) is 8.55. The monoisotopic (exact) mass is 403 g/mol. The molecule has 0 radical (unpaired) electrons. The fraction of sp³-hybridized carbons (Fsp3) is 0.524. The van der Waals surface area contributed by atoms with Crippen LogP contribution in [0.3, 0.4) is 0 Å². The Kier molecular flexibility index (Phi) is 5.64. The number of hydrogen-bond acceptors (Lipinski definition) is 5. The molecule has 1 aliphatic heterocycles. The Labute approximate surface area is 169 Å². The van der Waals surface area contributed by atoms with Gasteiger partial charge in [0, 0.05) is 37.8 Å². The van der Waals surface area contributed by atoms with Gasteiger partial charge in [-0.25, -0.2) is 9.37 Å². The van der Waals surface area contributed by atoms with Crippen LogP contribution in [0.1, 0.15) is 41.0 Å². The normalized spacial score (nSPS) is 18.6. The smallest absolute Gasteiger partial charge is 0.265 e. The molecule has 2 aliphatic rings. The van der Waals surface area contributed by atoms with E-state index in [1.165, 1.54) is 50.2 Å². The van der Waals surface area contributed by atoms with Crippen molar-refractivity contribution in [3.05, 3.63) is 34.6 Å². The van der Waals surface area contributed by atoms with Crippen LogP contribution >= 0.6 is 11.3 Å². The van der Waals surface area contributed by atoms with Gasteiger partial charge in [-0.2, -0.15) is 0 Å². The number of carbonyl (C=O) groups excluding carboxylic acids is 1. The van der Waals surface area contributed by atoms with Crippen LogP contribution in [0.4, 0.5) is 4.39 Å². The van der Waals surface area contributed by atoms with Gasteiger partial charge in [-0.05, 0) is 38.0 Å². The number of carbonyl (C=O) groups is 1. The minimum Gasteiger partial charge on any atom is -0.494 e. The van der Waals surface area contributed by atoms with Gasteiger partial charge in [0.05, 0.1) is 12.8 Å². The van der Waals surface area contributed by atoms with E-state index < -0.39 is 5.82 Å². The maximum atomic E-state index is 14.0. The van der Waals surface area contributed by atoms with E-state index in [1.807, 2.05) is 11.8 Å².